The number of aromatic nitrogens is 3. The maximum atomic E-state index is 12.5. The lowest BCUT2D eigenvalue weighted by atomic mass is 10.1. The Morgan fingerprint density at radius 2 is 1.89 bits per heavy atom. The van der Waals surface area contributed by atoms with E-state index in [4.69, 9.17) is 0 Å². The molecule has 2 heterocycles. The van der Waals surface area contributed by atoms with Crippen molar-refractivity contribution >= 4 is 33.1 Å². The van der Waals surface area contributed by atoms with Crippen LogP contribution in [0.15, 0.2) is 65.7 Å². The summed E-state index contributed by atoms with van der Waals surface area (Å²) in [6.45, 7) is 1.90. The fraction of sp³-hybridized carbons (Fsp3) is 0.143. The standard InChI is InChI=1S/C21H18N4O2S/c1-14-6-8-15(9-7-14)10-17-12-22-21(28-17)24-19(26)13-25-20(27)18-5-3-2-4-16(18)11-23-25/h2-9,11-12H,10,13H2,1H3,(H,22,24,26). The highest BCUT2D eigenvalue weighted by Gasteiger charge is 2.11. The van der Waals surface area contributed by atoms with E-state index in [1.165, 1.54) is 27.1 Å². The van der Waals surface area contributed by atoms with E-state index in [1.807, 2.05) is 12.1 Å². The number of anilines is 1. The Bertz CT molecular complexity index is 1190. The predicted octanol–water partition coefficient (Wildman–Crippen LogP) is 3.39. The number of hydrogen-bond donors (Lipinski definition) is 1. The first-order valence-electron chi connectivity index (χ1n) is 8.83. The highest BCUT2D eigenvalue weighted by molar-refractivity contribution is 7.15. The van der Waals surface area contributed by atoms with Gasteiger partial charge in [-0.15, -0.1) is 11.3 Å². The van der Waals surface area contributed by atoms with Crippen molar-refractivity contribution < 1.29 is 4.79 Å². The first-order valence-corrected chi connectivity index (χ1v) is 9.65. The molecule has 0 fully saturated rings. The third kappa shape index (κ3) is 3.99. The molecule has 0 atom stereocenters. The van der Waals surface area contributed by atoms with Gasteiger partial charge in [0.25, 0.3) is 5.56 Å². The Morgan fingerprint density at radius 1 is 1.11 bits per heavy atom. The van der Waals surface area contributed by atoms with Gasteiger partial charge >= 0.3 is 0 Å². The molecule has 0 aliphatic rings. The van der Waals surface area contributed by atoms with Gasteiger partial charge in [0.15, 0.2) is 5.13 Å². The van der Waals surface area contributed by atoms with Gasteiger partial charge in [0.1, 0.15) is 6.54 Å². The van der Waals surface area contributed by atoms with Crippen LogP contribution in [0, 0.1) is 6.92 Å². The fourth-order valence-electron chi connectivity index (χ4n) is 2.89. The Hall–Kier alpha value is -3.32. The zero-order valence-electron chi connectivity index (χ0n) is 15.3. The van der Waals surface area contributed by atoms with Crippen LogP contribution < -0.4 is 10.9 Å². The highest BCUT2D eigenvalue weighted by atomic mass is 32.1. The summed E-state index contributed by atoms with van der Waals surface area (Å²) >= 11 is 1.43. The number of nitrogens with one attached hydrogen (secondary N) is 1. The summed E-state index contributed by atoms with van der Waals surface area (Å²) < 4.78 is 1.17. The van der Waals surface area contributed by atoms with E-state index in [0.717, 1.165) is 16.7 Å². The van der Waals surface area contributed by atoms with Gasteiger partial charge in [-0.1, -0.05) is 48.0 Å². The van der Waals surface area contributed by atoms with Crippen molar-refractivity contribution in [2.75, 3.05) is 5.32 Å². The quantitative estimate of drug-likeness (QED) is 0.567. The smallest absolute Gasteiger partial charge is 0.275 e. The molecule has 4 rings (SSSR count). The van der Waals surface area contributed by atoms with E-state index < -0.39 is 0 Å². The maximum absolute atomic E-state index is 12.5. The number of carbonyl (C=O) groups is 1. The number of benzene rings is 2. The lowest BCUT2D eigenvalue weighted by molar-refractivity contribution is -0.117. The zero-order chi connectivity index (χ0) is 19.5. The van der Waals surface area contributed by atoms with Gasteiger partial charge in [0, 0.05) is 22.9 Å². The average molecular weight is 390 g/mol. The number of hydrogen-bond acceptors (Lipinski definition) is 5. The van der Waals surface area contributed by atoms with Crippen LogP contribution in [-0.2, 0) is 17.8 Å². The van der Waals surface area contributed by atoms with Crippen LogP contribution in [0.3, 0.4) is 0 Å². The minimum Gasteiger partial charge on any atom is -0.300 e. The molecular weight excluding hydrogens is 372 g/mol. The molecule has 0 unspecified atom stereocenters. The number of carbonyl (C=O) groups excluding carboxylic acids is 1. The van der Waals surface area contributed by atoms with Gasteiger partial charge in [-0.3, -0.25) is 9.59 Å². The second-order valence-corrected chi connectivity index (χ2v) is 7.65. The van der Waals surface area contributed by atoms with Gasteiger partial charge in [0.05, 0.1) is 11.6 Å². The second kappa shape index (κ2) is 7.74. The van der Waals surface area contributed by atoms with Crippen LogP contribution in [0.2, 0.25) is 0 Å². The van der Waals surface area contributed by atoms with Crippen LogP contribution in [0.5, 0.6) is 0 Å². The minimum atomic E-state index is -0.332. The predicted molar refractivity (Wildman–Crippen MR) is 111 cm³/mol. The topological polar surface area (TPSA) is 76.9 Å². The molecule has 2 aromatic heterocycles. The zero-order valence-corrected chi connectivity index (χ0v) is 16.1. The molecule has 0 bridgehead atoms. The molecule has 2 aromatic carbocycles. The Morgan fingerprint density at radius 3 is 2.71 bits per heavy atom. The van der Waals surface area contributed by atoms with Gasteiger partial charge in [0.2, 0.25) is 5.91 Å². The minimum absolute atomic E-state index is 0.156. The molecule has 0 spiro atoms. The number of nitrogens with zero attached hydrogens (tertiary/aromatic N) is 3. The van der Waals surface area contributed by atoms with E-state index in [-0.39, 0.29) is 18.0 Å². The molecule has 140 valence electrons. The number of amides is 1. The molecule has 0 radical (unpaired) electrons. The van der Waals surface area contributed by atoms with Crippen molar-refractivity contribution in [1.82, 2.24) is 14.8 Å². The number of rotatable bonds is 5. The molecule has 4 aromatic rings. The van der Waals surface area contributed by atoms with Crippen LogP contribution in [0.4, 0.5) is 5.13 Å². The number of aryl methyl sites for hydroxylation is 1. The molecule has 1 amide bonds. The Kier molecular flexibility index (Phi) is 4.99. The van der Waals surface area contributed by atoms with E-state index >= 15 is 0 Å². The Labute approximate surface area is 165 Å². The molecule has 0 aliphatic heterocycles. The van der Waals surface area contributed by atoms with E-state index in [2.05, 4.69) is 46.6 Å². The summed E-state index contributed by atoms with van der Waals surface area (Å²) in [5.74, 6) is -0.332. The van der Waals surface area contributed by atoms with Gasteiger partial charge in [-0.2, -0.15) is 5.10 Å². The molecule has 0 aliphatic carbocycles. The monoisotopic (exact) mass is 390 g/mol. The molecule has 0 saturated carbocycles. The molecule has 0 saturated heterocycles. The normalized spacial score (nSPS) is 10.9. The molecule has 1 N–H and O–H groups in total. The first kappa shape index (κ1) is 18.1. The van der Waals surface area contributed by atoms with E-state index in [1.54, 1.807) is 24.5 Å². The van der Waals surface area contributed by atoms with Crippen LogP contribution >= 0.6 is 11.3 Å². The van der Waals surface area contributed by atoms with E-state index in [0.29, 0.717) is 10.5 Å². The van der Waals surface area contributed by atoms with Crippen molar-refractivity contribution in [3.63, 3.8) is 0 Å². The van der Waals surface area contributed by atoms with Crippen molar-refractivity contribution in [3.8, 4) is 0 Å². The van der Waals surface area contributed by atoms with Crippen molar-refractivity contribution in [3.05, 3.63) is 87.3 Å². The summed E-state index contributed by atoms with van der Waals surface area (Å²) in [5.41, 5.74) is 2.13. The number of fused-ring (bicyclic) bond motifs is 1. The summed E-state index contributed by atoms with van der Waals surface area (Å²) in [6, 6.07) is 15.5. The summed E-state index contributed by atoms with van der Waals surface area (Å²) in [5, 5.41) is 8.64. The van der Waals surface area contributed by atoms with Crippen LogP contribution in [0.25, 0.3) is 10.8 Å². The summed E-state index contributed by atoms with van der Waals surface area (Å²) in [7, 11) is 0. The lowest BCUT2D eigenvalue weighted by Crippen LogP contribution is -2.29. The second-order valence-electron chi connectivity index (χ2n) is 6.54. The van der Waals surface area contributed by atoms with Crippen LogP contribution in [0.1, 0.15) is 16.0 Å². The number of thiazole rings is 1. The van der Waals surface area contributed by atoms with E-state index in [9.17, 15) is 9.59 Å². The van der Waals surface area contributed by atoms with Gasteiger partial charge < -0.3 is 5.32 Å². The van der Waals surface area contributed by atoms with Crippen molar-refractivity contribution in [1.29, 1.82) is 0 Å². The summed E-state index contributed by atoms with van der Waals surface area (Å²) in [6.07, 6.45) is 4.12. The lowest BCUT2D eigenvalue weighted by Gasteiger charge is -2.05. The molecule has 28 heavy (non-hydrogen) atoms. The average Bonchev–Trinajstić information content (AvgIpc) is 3.13. The largest absolute Gasteiger partial charge is 0.300 e. The molecular formula is C21H18N4O2S. The van der Waals surface area contributed by atoms with Crippen LogP contribution in [-0.4, -0.2) is 20.7 Å². The Balaban J connectivity index is 1.43. The maximum Gasteiger partial charge on any atom is 0.275 e. The fourth-order valence-corrected chi connectivity index (χ4v) is 3.75. The van der Waals surface area contributed by atoms with Crippen molar-refractivity contribution in [2.45, 2.75) is 19.9 Å². The summed E-state index contributed by atoms with van der Waals surface area (Å²) in [4.78, 5) is 30.1. The van der Waals surface area contributed by atoms with Gasteiger partial charge in [-0.05, 0) is 18.6 Å². The molecule has 7 heteroatoms. The third-order valence-corrected chi connectivity index (χ3v) is 5.27. The van der Waals surface area contributed by atoms with Gasteiger partial charge in [-0.25, -0.2) is 9.67 Å². The van der Waals surface area contributed by atoms with Crippen molar-refractivity contribution in [2.24, 2.45) is 0 Å². The molecule has 6 nitrogen and oxygen atoms in total. The third-order valence-electron chi connectivity index (χ3n) is 4.35. The highest BCUT2D eigenvalue weighted by Crippen LogP contribution is 2.21. The first-order chi connectivity index (χ1) is 13.6. The SMILES string of the molecule is Cc1ccc(Cc2cnc(NC(=O)Cn3ncc4ccccc4c3=O)s2)cc1.